The monoisotopic (exact) mass is 400 g/mol. The average Bonchev–Trinajstić information content (AvgIpc) is 2.74. The zero-order valence-electron chi connectivity index (χ0n) is 17.4. The molecule has 158 valence electrons. The van der Waals surface area contributed by atoms with Crippen LogP contribution in [-0.2, 0) is 17.9 Å². The molecular formula is C23H32N2O4. The third kappa shape index (κ3) is 7.01. The highest BCUT2D eigenvalue weighted by Gasteiger charge is 2.16. The fourth-order valence-corrected chi connectivity index (χ4v) is 3.54. The summed E-state index contributed by atoms with van der Waals surface area (Å²) in [4.78, 5) is 4.38. The van der Waals surface area contributed by atoms with E-state index in [4.69, 9.17) is 14.2 Å². The van der Waals surface area contributed by atoms with Crippen LogP contribution in [0.15, 0.2) is 48.5 Å². The van der Waals surface area contributed by atoms with Gasteiger partial charge in [-0.05, 0) is 30.3 Å². The second-order valence-electron chi connectivity index (χ2n) is 7.52. The standard InChI is InChI=1S/C23H32N2O4/c1-24(16-21(26)17-25-10-12-28-13-11-25)15-20-8-9-22(23(14-20)27-2)29-18-19-6-4-3-5-7-19/h3-9,14,21,26H,10-13,15-18H2,1-2H3. The lowest BCUT2D eigenvalue weighted by Gasteiger charge is -2.30. The SMILES string of the molecule is COc1cc(CN(C)CC(O)CN2CCOCC2)ccc1OCc1ccccc1. The van der Waals surface area contributed by atoms with E-state index in [1.54, 1.807) is 7.11 Å². The van der Waals surface area contributed by atoms with Crippen LogP contribution in [0.1, 0.15) is 11.1 Å². The molecule has 1 N–H and O–H groups in total. The first-order chi connectivity index (χ1) is 14.1. The number of nitrogens with zero attached hydrogens (tertiary/aromatic N) is 2. The molecule has 1 fully saturated rings. The Bertz CT molecular complexity index is 735. The highest BCUT2D eigenvalue weighted by atomic mass is 16.5. The molecule has 1 aliphatic rings. The molecule has 3 rings (SSSR count). The number of aliphatic hydroxyl groups is 1. The van der Waals surface area contributed by atoms with E-state index in [-0.39, 0.29) is 6.10 Å². The van der Waals surface area contributed by atoms with Gasteiger partial charge in [0, 0.05) is 32.7 Å². The number of morpholine rings is 1. The van der Waals surface area contributed by atoms with Crippen LogP contribution in [0.3, 0.4) is 0 Å². The third-order valence-corrected chi connectivity index (χ3v) is 5.01. The topological polar surface area (TPSA) is 54.4 Å². The molecule has 29 heavy (non-hydrogen) atoms. The lowest BCUT2D eigenvalue weighted by atomic mass is 10.1. The van der Waals surface area contributed by atoms with Gasteiger partial charge in [0.1, 0.15) is 6.61 Å². The number of benzene rings is 2. The van der Waals surface area contributed by atoms with Crippen LogP contribution in [0.4, 0.5) is 0 Å². The van der Waals surface area contributed by atoms with Gasteiger partial charge in [-0.2, -0.15) is 0 Å². The Morgan fingerprint density at radius 3 is 2.55 bits per heavy atom. The lowest BCUT2D eigenvalue weighted by molar-refractivity contribution is 0.00825. The second kappa shape index (κ2) is 11.2. The van der Waals surface area contributed by atoms with E-state index in [2.05, 4.69) is 9.80 Å². The molecule has 0 radical (unpaired) electrons. The first kappa shape index (κ1) is 21.6. The van der Waals surface area contributed by atoms with Crippen molar-refractivity contribution in [2.45, 2.75) is 19.3 Å². The molecule has 0 spiro atoms. The summed E-state index contributed by atoms with van der Waals surface area (Å²) in [7, 11) is 3.68. The number of β-amino-alcohol motifs (C(OH)–C–C–N with tert-alkyl or cyclic N) is 1. The number of aliphatic hydroxyl groups excluding tert-OH is 1. The van der Waals surface area contributed by atoms with E-state index in [9.17, 15) is 5.11 Å². The minimum Gasteiger partial charge on any atom is -0.493 e. The van der Waals surface area contributed by atoms with Crippen molar-refractivity contribution in [3.8, 4) is 11.5 Å². The summed E-state index contributed by atoms with van der Waals surface area (Å²) in [6, 6.07) is 16.1. The summed E-state index contributed by atoms with van der Waals surface area (Å²) in [5.41, 5.74) is 2.24. The third-order valence-electron chi connectivity index (χ3n) is 5.01. The van der Waals surface area contributed by atoms with Gasteiger partial charge in [0.25, 0.3) is 0 Å². The van der Waals surface area contributed by atoms with Gasteiger partial charge in [-0.15, -0.1) is 0 Å². The molecule has 1 aliphatic heterocycles. The molecule has 6 nitrogen and oxygen atoms in total. The number of hydrogen-bond acceptors (Lipinski definition) is 6. The molecule has 1 heterocycles. The predicted molar refractivity (Wildman–Crippen MR) is 113 cm³/mol. The van der Waals surface area contributed by atoms with Crippen molar-refractivity contribution in [1.82, 2.24) is 9.80 Å². The van der Waals surface area contributed by atoms with Crippen LogP contribution in [0.25, 0.3) is 0 Å². The normalized spacial score (nSPS) is 16.0. The molecule has 1 saturated heterocycles. The van der Waals surface area contributed by atoms with Crippen molar-refractivity contribution in [2.75, 3.05) is 53.6 Å². The lowest BCUT2D eigenvalue weighted by Crippen LogP contribution is -2.43. The molecule has 1 atom stereocenters. The minimum atomic E-state index is -0.381. The van der Waals surface area contributed by atoms with E-state index in [1.807, 2.05) is 55.6 Å². The number of methoxy groups -OCH3 is 1. The van der Waals surface area contributed by atoms with Crippen LogP contribution < -0.4 is 9.47 Å². The number of rotatable bonds is 10. The van der Waals surface area contributed by atoms with Gasteiger partial charge >= 0.3 is 0 Å². The Labute approximate surface area is 173 Å². The summed E-state index contributed by atoms with van der Waals surface area (Å²) in [6.45, 7) is 5.82. The first-order valence-corrected chi connectivity index (χ1v) is 10.1. The smallest absolute Gasteiger partial charge is 0.161 e. The molecule has 0 amide bonds. The van der Waals surface area contributed by atoms with Gasteiger partial charge < -0.3 is 19.3 Å². The summed E-state index contributed by atoms with van der Waals surface area (Å²) in [6.07, 6.45) is -0.381. The molecule has 2 aromatic rings. The van der Waals surface area contributed by atoms with Crippen molar-refractivity contribution in [3.63, 3.8) is 0 Å². The van der Waals surface area contributed by atoms with E-state index in [1.165, 1.54) is 0 Å². The second-order valence-corrected chi connectivity index (χ2v) is 7.52. The molecule has 0 saturated carbocycles. The molecular weight excluding hydrogens is 368 g/mol. The van der Waals surface area contributed by atoms with Gasteiger partial charge in [0.15, 0.2) is 11.5 Å². The van der Waals surface area contributed by atoms with Crippen molar-refractivity contribution < 1.29 is 19.3 Å². The van der Waals surface area contributed by atoms with Crippen molar-refractivity contribution in [2.24, 2.45) is 0 Å². The maximum Gasteiger partial charge on any atom is 0.161 e. The van der Waals surface area contributed by atoms with Crippen molar-refractivity contribution in [1.29, 1.82) is 0 Å². The average molecular weight is 401 g/mol. The molecule has 2 aromatic carbocycles. The van der Waals surface area contributed by atoms with E-state index < -0.39 is 0 Å². The van der Waals surface area contributed by atoms with Crippen molar-refractivity contribution in [3.05, 3.63) is 59.7 Å². The summed E-state index contributed by atoms with van der Waals surface area (Å²) >= 11 is 0. The predicted octanol–water partition coefficient (Wildman–Crippen LogP) is 2.40. The van der Waals surface area contributed by atoms with E-state index >= 15 is 0 Å². The van der Waals surface area contributed by atoms with Crippen LogP contribution in [-0.4, -0.2) is 74.6 Å². The highest BCUT2D eigenvalue weighted by Crippen LogP contribution is 2.29. The quantitative estimate of drug-likeness (QED) is 0.661. The minimum absolute atomic E-state index is 0.381. The van der Waals surface area contributed by atoms with Gasteiger partial charge in [0.2, 0.25) is 0 Å². The maximum absolute atomic E-state index is 10.4. The molecule has 1 unspecified atom stereocenters. The van der Waals surface area contributed by atoms with Gasteiger partial charge in [0.05, 0.1) is 26.4 Å². The van der Waals surface area contributed by atoms with E-state index in [0.29, 0.717) is 19.7 Å². The summed E-state index contributed by atoms with van der Waals surface area (Å²) in [5, 5.41) is 10.4. The largest absolute Gasteiger partial charge is 0.493 e. The molecule has 0 aromatic heterocycles. The summed E-state index contributed by atoms with van der Waals surface area (Å²) in [5.74, 6) is 1.45. The fraction of sp³-hybridized carbons (Fsp3) is 0.478. The molecule has 0 bridgehead atoms. The zero-order valence-corrected chi connectivity index (χ0v) is 17.4. The van der Waals surface area contributed by atoms with Crippen LogP contribution in [0.2, 0.25) is 0 Å². The first-order valence-electron chi connectivity index (χ1n) is 10.1. The van der Waals surface area contributed by atoms with Crippen LogP contribution in [0.5, 0.6) is 11.5 Å². The Hall–Kier alpha value is -2.12. The molecule has 6 heteroatoms. The summed E-state index contributed by atoms with van der Waals surface area (Å²) < 4.78 is 16.8. The van der Waals surface area contributed by atoms with Crippen molar-refractivity contribution >= 4 is 0 Å². The van der Waals surface area contributed by atoms with Crippen LogP contribution in [0, 0.1) is 0 Å². The van der Waals surface area contributed by atoms with Gasteiger partial charge in [-0.3, -0.25) is 9.80 Å². The zero-order chi connectivity index (χ0) is 20.5. The maximum atomic E-state index is 10.4. The molecule has 0 aliphatic carbocycles. The highest BCUT2D eigenvalue weighted by molar-refractivity contribution is 5.43. The van der Waals surface area contributed by atoms with Gasteiger partial charge in [-0.1, -0.05) is 36.4 Å². The van der Waals surface area contributed by atoms with Gasteiger partial charge in [-0.25, -0.2) is 0 Å². The van der Waals surface area contributed by atoms with Crippen LogP contribution >= 0.6 is 0 Å². The number of likely N-dealkylation sites (N-methyl/N-ethyl adjacent to an activating group) is 1. The Morgan fingerprint density at radius 2 is 1.83 bits per heavy atom. The number of ether oxygens (including phenoxy) is 3. The Balaban J connectivity index is 1.50. The fourth-order valence-electron chi connectivity index (χ4n) is 3.54. The van der Waals surface area contributed by atoms with E-state index in [0.717, 1.165) is 55.5 Å². The number of hydrogen-bond donors (Lipinski definition) is 1. The Morgan fingerprint density at radius 1 is 1.07 bits per heavy atom. The Kier molecular flexibility index (Phi) is 8.31.